The zero-order valence-electron chi connectivity index (χ0n) is 9.39. The fourth-order valence-electron chi connectivity index (χ4n) is 1.63. The maximum atomic E-state index is 10.8. The van der Waals surface area contributed by atoms with Crippen molar-refractivity contribution in [2.45, 2.75) is 26.2 Å². The van der Waals surface area contributed by atoms with Crippen LogP contribution in [-0.2, 0) is 4.79 Å². The Morgan fingerprint density at radius 1 is 1.27 bits per heavy atom. The lowest BCUT2D eigenvalue weighted by Gasteiger charge is -2.16. The first-order valence-corrected chi connectivity index (χ1v) is 5.46. The Labute approximate surface area is 91.8 Å². The molecule has 0 amide bonds. The van der Waals surface area contributed by atoms with Crippen LogP contribution < -0.4 is 0 Å². The van der Waals surface area contributed by atoms with Crippen molar-refractivity contribution in [1.82, 2.24) is 0 Å². The van der Waals surface area contributed by atoms with Gasteiger partial charge in [-0.25, -0.2) is 0 Å². The Morgan fingerprint density at radius 3 is 2.47 bits per heavy atom. The molecular weight excluding hydrogens is 184 g/mol. The van der Waals surface area contributed by atoms with Gasteiger partial charge >= 0.3 is 0 Å². The number of hydrogen-bond acceptors (Lipinski definition) is 1. The van der Waals surface area contributed by atoms with Gasteiger partial charge in [0.05, 0.1) is 0 Å². The van der Waals surface area contributed by atoms with E-state index >= 15 is 0 Å². The summed E-state index contributed by atoms with van der Waals surface area (Å²) < 4.78 is 0. The molecule has 0 saturated carbocycles. The summed E-state index contributed by atoms with van der Waals surface area (Å²) >= 11 is 0. The summed E-state index contributed by atoms with van der Waals surface area (Å²) in [5, 5.41) is 0. The van der Waals surface area contributed by atoms with Crippen molar-refractivity contribution < 1.29 is 4.79 Å². The van der Waals surface area contributed by atoms with Gasteiger partial charge in [-0.3, -0.25) is 0 Å². The average Bonchev–Trinajstić information content (AvgIpc) is 2.30. The number of allylic oxidation sites excluding steroid dienone is 2. The van der Waals surface area contributed by atoms with Crippen LogP contribution in [0.15, 0.2) is 42.5 Å². The van der Waals surface area contributed by atoms with Crippen molar-refractivity contribution in [1.29, 1.82) is 0 Å². The van der Waals surface area contributed by atoms with E-state index in [0.717, 1.165) is 12.7 Å². The van der Waals surface area contributed by atoms with Crippen LogP contribution in [0.1, 0.15) is 31.7 Å². The minimum Gasteiger partial charge on any atom is -0.303 e. The van der Waals surface area contributed by atoms with Crippen molar-refractivity contribution in [3.63, 3.8) is 0 Å². The zero-order valence-corrected chi connectivity index (χ0v) is 9.39. The van der Waals surface area contributed by atoms with Crippen molar-refractivity contribution in [2.24, 2.45) is 5.92 Å². The van der Waals surface area contributed by atoms with Crippen LogP contribution in [-0.4, -0.2) is 6.29 Å². The molecule has 0 spiro atoms. The summed E-state index contributed by atoms with van der Waals surface area (Å²) in [5.74, 6) is 0.249. The maximum absolute atomic E-state index is 10.8. The predicted molar refractivity (Wildman–Crippen MR) is 63.8 cm³/mol. The van der Waals surface area contributed by atoms with Gasteiger partial charge in [-0.05, 0) is 12.0 Å². The molecular formula is C14H18O. The summed E-state index contributed by atoms with van der Waals surface area (Å²) in [7, 11) is 0. The van der Waals surface area contributed by atoms with Gasteiger partial charge in [-0.15, -0.1) is 0 Å². The molecule has 0 aliphatic heterocycles. The molecule has 0 fully saturated rings. The average molecular weight is 202 g/mol. The van der Waals surface area contributed by atoms with Crippen molar-refractivity contribution in [3.05, 3.63) is 48.0 Å². The normalized spacial score (nSPS) is 15.1. The topological polar surface area (TPSA) is 17.1 Å². The molecule has 0 unspecified atom stereocenters. The predicted octanol–water partition coefficient (Wildman–Crippen LogP) is 3.57. The molecule has 1 aromatic rings. The Balaban J connectivity index is 2.90. The van der Waals surface area contributed by atoms with Gasteiger partial charge in [0.2, 0.25) is 0 Å². The number of aldehydes is 1. The van der Waals surface area contributed by atoms with E-state index in [1.54, 1.807) is 0 Å². The molecule has 0 saturated heterocycles. The Hall–Kier alpha value is -1.37. The monoisotopic (exact) mass is 202 g/mol. The SMILES string of the molecule is CC/C=C/[C@@H](c1ccccc1)[C@H](C)C=O. The molecule has 0 heterocycles. The van der Waals surface area contributed by atoms with Gasteiger partial charge in [0, 0.05) is 11.8 Å². The Morgan fingerprint density at radius 2 is 1.93 bits per heavy atom. The molecule has 1 nitrogen and oxygen atoms in total. The molecule has 15 heavy (non-hydrogen) atoms. The molecule has 1 heteroatoms. The number of hydrogen-bond donors (Lipinski definition) is 0. The summed E-state index contributed by atoms with van der Waals surface area (Å²) in [6, 6.07) is 10.2. The van der Waals surface area contributed by atoms with Crippen LogP contribution in [0.25, 0.3) is 0 Å². The van der Waals surface area contributed by atoms with Crippen molar-refractivity contribution in [3.8, 4) is 0 Å². The fraction of sp³-hybridized carbons (Fsp3) is 0.357. The molecule has 0 aliphatic rings. The van der Waals surface area contributed by atoms with E-state index in [0.29, 0.717) is 0 Å². The molecule has 1 aromatic carbocycles. The standard InChI is InChI=1S/C14H18O/c1-3-4-10-14(12(2)11-15)13-8-6-5-7-9-13/h4-12,14H,3H2,1-2H3/b10-4+/t12-,14-/m1/s1. The van der Waals surface area contributed by atoms with Crippen LogP contribution in [0, 0.1) is 5.92 Å². The zero-order chi connectivity index (χ0) is 11.1. The van der Waals surface area contributed by atoms with E-state index in [4.69, 9.17) is 0 Å². The van der Waals surface area contributed by atoms with Crippen LogP contribution in [0.2, 0.25) is 0 Å². The molecule has 0 radical (unpaired) electrons. The lowest BCUT2D eigenvalue weighted by molar-refractivity contribution is -0.110. The molecule has 0 bridgehead atoms. The third kappa shape index (κ3) is 3.35. The van der Waals surface area contributed by atoms with E-state index in [9.17, 15) is 4.79 Å². The molecule has 0 aliphatic carbocycles. The fourth-order valence-corrected chi connectivity index (χ4v) is 1.63. The van der Waals surface area contributed by atoms with Crippen LogP contribution in [0.5, 0.6) is 0 Å². The quantitative estimate of drug-likeness (QED) is 0.527. The first kappa shape index (κ1) is 11.7. The Bertz CT molecular complexity index is 313. The lowest BCUT2D eigenvalue weighted by atomic mass is 9.88. The van der Waals surface area contributed by atoms with E-state index in [1.807, 2.05) is 25.1 Å². The number of benzene rings is 1. The van der Waals surface area contributed by atoms with Crippen molar-refractivity contribution >= 4 is 6.29 Å². The number of carbonyl (C=O) groups excluding carboxylic acids is 1. The first-order chi connectivity index (χ1) is 7.29. The van der Waals surface area contributed by atoms with E-state index in [-0.39, 0.29) is 11.8 Å². The molecule has 0 aromatic heterocycles. The van der Waals surface area contributed by atoms with Gasteiger partial charge in [-0.2, -0.15) is 0 Å². The van der Waals surface area contributed by atoms with Crippen LogP contribution in [0.3, 0.4) is 0 Å². The Kier molecular flexibility index (Phi) is 4.82. The highest BCUT2D eigenvalue weighted by molar-refractivity contribution is 5.56. The van der Waals surface area contributed by atoms with Gasteiger partial charge in [0.25, 0.3) is 0 Å². The van der Waals surface area contributed by atoms with Gasteiger partial charge in [0.1, 0.15) is 6.29 Å². The summed E-state index contributed by atoms with van der Waals surface area (Å²) in [6.45, 7) is 4.06. The second-order valence-corrected chi connectivity index (χ2v) is 3.77. The number of rotatable bonds is 5. The number of carbonyl (C=O) groups is 1. The molecule has 0 N–H and O–H groups in total. The largest absolute Gasteiger partial charge is 0.303 e. The van der Waals surface area contributed by atoms with Gasteiger partial charge in [0.15, 0.2) is 0 Å². The second-order valence-electron chi connectivity index (χ2n) is 3.77. The third-order valence-corrected chi connectivity index (χ3v) is 2.54. The van der Waals surface area contributed by atoms with Gasteiger partial charge in [-0.1, -0.05) is 56.3 Å². The highest BCUT2D eigenvalue weighted by atomic mass is 16.1. The van der Waals surface area contributed by atoms with E-state index in [1.165, 1.54) is 5.56 Å². The van der Waals surface area contributed by atoms with Gasteiger partial charge < -0.3 is 4.79 Å². The molecule has 2 atom stereocenters. The molecule has 1 rings (SSSR count). The van der Waals surface area contributed by atoms with E-state index in [2.05, 4.69) is 31.2 Å². The smallest absolute Gasteiger partial charge is 0.123 e. The highest BCUT2D eigenvalue weighted by Crippen LogP contribution is 2.24. The van der Waals surface area contributed by atoms with Crippen LogP contribution >= 0.6 is 0 Å². The summed E-state index contributed by atoms with van der Waals surface area (Å²) in [6.07, 6.45) is 6.29. The van der Waals surface area contributed by atoms with Crippen molar-refractivity contribution in [2.75, 3.05) is 0 Å². The third-order valence-electron chi connectivity index (χ3n) is 2.54. The molecule has 80 valence electrons. The lowest BCUT2D eigenvalue weighted by Crippen LogP contribution is -2.08. The van der Waals surface area contributed by atoms with Crippen LogP contribution in [0.4, 0.5) is 0 Å². The minimum absolute atomic E-state index is 0.0372. The van der Waals surface area contributed by atoms with E-state index < -0.39 is 0 Å². The first-order valence-electron chi connectivity index (χ1n) is 5.46. The summed E-state index contributed by atoms with van der Waals surface area (Å²) in [5.41, 5.74) is 1.21. The summed E-state index contributed by atoms with van der Waals surface area (Å²) in [4.78, 5) is 10.8. The maximum Gasteiger partial charge on any atom is 0.123 e. The highest BCUT2D eigenvalue weighted by Gasteiger charge is 2.14. The minimum atomic E-state index is 0.0372. The second kappa shape index (κ2) is 6.18.